The predicted octanol–water partition coefficient (Wildman–Crippen LogP) is 1.84. The van der Waals surface area contributed by atoms with Crippen LogP contribution in [0.5, 0.6) is 0 Å². The summed E-state index contributed by atoms with van der Waals surface area (Å²) in [5.41, 5.74) is 1.38. The molecule has 3 nitrogen and oxygen atoms in total. The Kier molecular flexibility index (Phi) is 4.43. The van der Waals surface area contributed by atoms with Gasteiger partial charge in [-0.25, -0.2) is 0 Å². The first-order valence-electron chi connectivity index (χ1n) is 6.35. The van der Waals surface area contributed by atoms with Gasteiger partial charge in [-0.15, -0.1) is 0 Å². The molecule has 0 aliphatic carbocycles. The van der Waals surface area contributed by atoms with Gasteiger partial charge in [0.05, 0.1) is 0 Å². The minimum Gasteiger partial charge on any atom is -0.367 e. The van der Waals surface area contributed by atoms with Crippen LogP contribution in [0.1, 0.15) is 24.8 Å². The third-order valence-electron chi connectivity index (χ3n) is 3.43. The Labute approximate surface area is 98.2 Å². The molecule has 90 valence electrons. The number of piperidine rings is 1. The minimum absolute atomic E-state index is 0.891. The van der Waals surface area contributed by atoms with Gasteiger partial charge in [-0.05, 0) is 63.5 Å². The highest BCUT2D eigenvalue weighted by atomic mass is 15.1. The van der Waals surface area contributed by atoms with E-state index in [1.807, 2.05) is 6.20 Å². The molecule has 16 heavy (non-hydrogen) atoms. The van der Waals surface area contributed by atoms with E-state index in [1.54, 1.807) is 0 Å². The number of rotatable bonds is 5. The Hall–Kier alpha value is -0.800. The van der Waals surface area contributed by atoms with Crippen LogP contribution >= 0.6 is 0 Å². The second kappa shape index (κ2) is 6.06. The topological polar surface area (TPSA) is 31.1 Å². The summed E-state index contributed by atoms with van der Waals surface area (Å²) in [6, 6.07) is 2.15. The summed E-state index contributed by atoms with van der Waals surface area (Å²) in [6.45, 7) is 4.70. The molecule has 2 N–H and O–H groups in total. The van der Waals surface area contributed by atoms with Gasteiger partial charge in [-0.1, -0.05) is 0 Å². The molecule has 1 atom stereocenters. The van der Waals surface area contributed by atoms with E-state index in [0.717, 1.165) is 12.5 Å². The Morgan fingerprint density at radius 3 is 3.12 bits per heavy atom. The Morgan fingerprint density at radius 2 is 2.44 bits per heavy atom. The highest BCUT2D eigenvalue weighted by Gasteiger charge is 2.13. The Balaban J connectivity index is 1.65. The lowest BCUT2D eigenvalue weighted by Crippen LogP contribution is -2.32. The van der Waals surface area contributed by atoms with E-state index in [4.69, 9.17) is 0 Å². The van der Waals surface area contributed by atoms with Crippen molar-refractivity contribution in [2.75, 3.05) is 26.7 Å². The van der Waals surface area contributed by atoms with Crippen LogP contribution in [0.15, 0.2) is 18.5 Å². The predicted molar refractivity (Wildman–Crippen MR) is 67.3 cm³/mol. The average Bonchev–Trinajstić information content (AvgIpc) is 2.81. The quantitative estimate of drug-likeness (QED) is 0.795. The highest BCUT2D eigenvalue weighted by Crippen LogP contribution is 2.14. The van der Waals surface area contributed by atoms with Gasteiger partial charge in [0.2, 0.25) is 0 Å². The lowest BCUT2D eigenvalue weighted by atomic mass is 9.96. The number of aromatic amines is 1. The van der Waals surface area contributed by atoms with Crippen molar-refractivity contribution < 1.29 is 0 Å². The van der Waals surface area contributed by atoms with Crippen molar-refractivity contribution in [2.45, 2.75) is 25.8 Å². The highest BCUT2D eigenvalue weighted by molar-refractivity contribution is 5.07. The second-order valence-electron chi connectivity index (χ2n) is 4.96. The summed E-state index contributed by atoms with van der Waals surface area (Å²) < 4.78 is 0. The van der Waals surface area contributed by atoms with Gasteiger partial charge in [0.25, 0.3) is 0 Å². The van der Waals surface area contributed by atoms with Crippen LogP contribution in [-0.4, -0.2) is 36.6 Å². The maximum absolute atomic E-state index is 3.48. The average molecular weight is 221 g/mol. The zero-order valence-corrected chi connectivity index (χ0v) is 10.2. The molecule has 0 amide bonds. The summed E-state index contributed by atoms with van der Waals surface area (Å²) in [7, 11) is 2.21. The van der Waals surface area contributed by atoms with Gasteiger partial charge < -0.3 is 15.2 Å². The number of nitrogens with zero attached hydrogens (tertiary/aromatic N) is 1. The van der Waals surface area contributed by atoms with Crippen LogP contribution in [0.3, 0.4) is 0 Å². The van der Waals surface area contributed by atoms with Gasteiger partial charge in [0.1, 0.15) is 0 Å². The van der Waals surface area contributed by atoms with Gasteiger partial charge >= 0.3 is 0 Å². The number of hydrogen-bond acceptors (Lipinski definition) is 2. The summed E-state index contributed by atoms with van der Waals surface area (Å²) in [6.07, 6.45) is 8.16. The van der Waals surface area contributed by atoms with E-state index in [2.05, 4.69) is 34.5 Å². The van der Waals surface area contributed by atoms with Crippen molar-refractivity contribution in [1.29, 1.82) is 0 Å². The van der Waals surface area contributed by atoms with E-state index in [9.17, 15) is 0 Å². The molecule has 0 aromatic carbocycles. The van der Waals surface area contributed by atoms with Crippen LogP contribution in [0.4, 0.5) is 0 Å². The van der Waals surface area contributed by atoms with Crippen molar-refractivity contribution in [3.63, 3.8) is 0 Å². The molecular formula is C13H23N3. The van der Waals surface area contributed by atoms with Crippen LogP contribution in [0, 0.1) is 5.92 Å². The summed E-state index contributed by atoms with van der Waals surface area (Å²) in [5.74, 6) is 0.891. The fourth-order valence-corrected chi connectivity index (χ4v) is 2.42. The SMILES string of the molecule is CN(CCC1CCCNC1)Cc1cc[nH]c1. The molecule has 1 aromatic heterocycles. The monoisotopic (exact) mass is 221 g/mol. The molecule has 0 bridgehead atoms. The smallest absolute Gasteiger partial charge is 0.0245 e. The lowest BCUT2D eigenvalue weighted by Gasteiger charge is -2.25. The lowest BCUT2D eigenvalue weighted by molar-refractivity contribution is 0.268. The first-order chi connectivity index (χ1) is 7.84. The normalized spacial score (nSPS) is 21.5. The van der Waals surface area contributed by atoms with Crippen LogP contribution in [0.2, 0.25) is 0 Å². The van der Waals surface area contributed by atoms with Crippen molar-refractivity contribution in [3.8, 4) is 0 Å². The molecule has 1 saturated heterocycles. The van der Waals surface area contributed by atoms with Crippen LogP contribution in [-0.2, 0) is 6.54 Å². The zero-order valence-electron chi connectivity index (χ0n) is 10.2. The van der Waals surface area contributed by atoms with Crippen molar-refractivity contribution in [3.05, 3.63) is 24.0 Å². The molecule has 1 fully saturated rings. The fourth-order valence-electron chi connectivity index (χ4n) is 2.42. The molecule has 3 heteroatoms. The summed E-state index contributed by atoms with van der Waals surface area (Å²) in [4.78, 5) is 5.52. The molecule has 0 spiro atoms. The molecule has 2 heterocycles. The number of H-pyrrole nitrogens is 1. The molecule has 1 aliphatic heterocycles. The second-order valence-corrected chi connectivity index (χ2v) is 4.96. The number of aromatic nitrogens is 1. The van der Waals surface area contributed by atoms with Crippen molar-refractivity contribution in [1.82, 2.24) is 15.2 Å². The maximum Gasteiger partial charge on any atom is 0.0245 e. The largest absolute Gasteiger partial charge is 0.367 e. The molecule has 1 aromatic rings. The third-order valence-corrected chi connectivity index (χ3v) is 3.43. The van der Waals surface area contributed by atoms with E-state index in [-0.39, 0.29) is 0 Å². The Morgan fingerprint density at radius 1 is 1.50 bits per heavy atom. The number of hydrogen-bond donors (Lipinski definition) is 2. The van der Waals surface area contributed by atoms with Gasteiger partial charge in [0, 0.05) is 18.9 Å². The van der Waals surface area contributed by atoms with E-state index in [0.29, 0.717) is 0 Å². The molecule has 1 unspecified atom stereocenters. The molecular weight excluding hydrogens is 198 g/mol. The summed E-state index contributed by atoms with van der Waals surface area (Å²) >= 11 is 0. The standard InChI is InChI=1S/C13H23N3/c1-16(11-13-4-7-15-10-13)8-5-12-3-2-6-14-9-12/h4,7,10,12,14-15H,2-3,5-6,8-9,11H2,1H3. The van der Waals surface area contributed by atoms with E-state index in [1.165, 1.54) is 44.5 Å². The van der Waals surface area contributed by atoms with Crippen LogP contribution < -0.4 is 5.32 Å². The van der Waals surface area contributed by atoms with E-state index >= 15 is 0 Å². The third kappa shape index (κ3) is 3.65. The Bertz CT molecular complexity index is 275. The van der Waals surface area contributed by atoms with Crippen LogP contribution in [0.25, 0.3) is 0 Å². The number of nitrogens with one attached hydrogen (secondary N) is 2. The van der Waals surface area contributed by atoms with Crippen molar-refractivity contribution in [2.24, 2.45) is 5.92 Å². The zero-order chi connectivity index (χ0) is 11.2. The summed E-state index contributed by atoms with van der Waals surface area (Å²) in [5, 5.41) is 3.48. The van der Waals surface area contributed by atoms with Gasteiger partial charge in [-0.3, -0.25) is 0 Å². The fraction of sp³-hybridized carbons (Fsp3) is 0.692. The molecule has 2 rings (SSSR count). The first-order valence-corrected chi connectivity index (χ1v) is 6.35. The molecule has 0 radical (unpaired) electrons. The van der Waals surface area contributed by atoms with Gasteiger partial charge in [0.15, 0.2) is 0 Å². The van der Waals surface area contributed by atoms with Crippen molar-refractivity contribution >= 4 is 0 Å². The van der Waals surface area contributed by atoms with E-state index < -0.39 is 0 Å². The first kappa shape index (κ1) is 11.7. The molecule has 0 saturated carbocycles. The molecule has 1 aliphatic rings. The van der Waals surface area contributed by atoms with Gasteiger partial charge in [-0.2, -0.15) is 0 Å². The minimum atomic E-state index is 0.891. The maximum atomic E-state index is 3.48.